The molecule has 0 saturated carbocycles. The quantitative estimate of drug-likeness (QED) is 0.732. The van der Waals surface area contributed by atoms with Crippen LogP contribution in [0.5, 0.6) is 5.75 Å². The first-order valence-corrected chi connectivity index (χ1v) is 9.19. The zero-order valence-corrected chi connectivity index (χ0v) is 14.9. The Bertz CT molecular complexity index is 633. The van der Waals surface area contributed by atoms with E-state index in [0.29, 0.717) is 12.6 Å². The van der Waals surface area contributed by atoms with Gasteiger partial charge in [0.25, 0.3) is 0 Å². The Balaban J connectivity index is 1.64. The molecule has 25 heavy (non-hydrogen) atoms. The van der Waals surface area contributed by atoms with E-state index in [1.54, 1.807) is 0 Å². The molecule has 1 aliphatic rings. The normalized spacial score (nSPS) is 16.3. The van der Waals surface area contributed by atoms with Gasteiger partial charge in [0.05, 0.1) is 0 Å². The largest absolute Gasteiger partial charge is 0.489 e. The fourth-order valence-corrected chi connectivity index (χ4v) is 3.36. The SMILES string of the molecule is C=CCC[C@H](c1ccc(OCc2ccccc2)cc1)N1CCNCC1. The molecular formula is C22H28N2O. The van der Waals surface area contributed by atoms with E-state index in [2.05, 4.69) is 53.2 Å². The van der Waals surface area contributed by atoms with Gasteiger partial charge in [-0.2, -0.15) is 0 Å². The van der Waals surface area contributed by atoms with Gasteiger partial charge in [-0.15, -0.1) is 6.58 Å². The molecule has 1 atom stereocenters. The van der Waals surface area contributed by atoms with E-state index in [4.69, 9.17) is 4.74 Å². The van der Waals surface area contributed by atoms with Crippen molar-refractivity contribution >= 4 is 0 Å². The predicted octanol–water partition coefficient (Wildman–Crippen LogP) is 4.18. The average Bonchev–Trinajstić information content (AvgIpc) is 2.69. The lowest BCUT2D eigenvalue weighted by molar-refractivity contribution is 0.166. The average molecular weight is 336 g/mol. The van der Waals surface area contributed by atoms with Crippen LogP contribution in [0.3, 0.4) is 0 Å². The molecule has 3 heteroatoms. The third-order valence-corrected chi connectivity index (χ3v) is 4.75. The highest BCUT2D eigenvalue weighted by Crippen LogP contribution is 2.28. The lowest BCUT2D eigenvalue weighted by Crippen LogP contribution is -2.45. The van der Waals surface area contributed by atoms with Crippen molar-refractivity contribution in [3.05, 3.63) is 78.4 Å². The van der Waals surface area contributed by atoms with Gasteiger partial charge >= 0.3 is 0 Å². The predicted molar refractivity (Wildman–Crippen MR) is 104 cm³/mol. The van der Waals surface area contributed by atoms with Gasteiger partial charge in [0, 0.05) is 32.2 Å². The summed E-state index contributed by atoms with van der Waals surface area (Å²) in [5, 5.41) is 3.44. The maximum absolute atomic E-state index is 5.91. The van der Waals surface area contributed by atoms with E-state index in [1.165, 1.54) is 11.1 Å². The van der Waals surface area contributed by atoms with Crippen LogP contribution in [0.4, 0.5) is 0 Å². The van der Waals surface area contributed by atoms with Crippen LogP contribution >= 0.6 is 0 Å². The summed E-state index contributed by atoms with van der Waals surface area (Å²) in [5.41, 5.74) is 2.56. The van der Waals surface area contributed by atoms with E-state index < -0.39 is 0 Å². The molecule has 2 aromatic carbocycles. The van der Waals surface area contributed by atoms with Crippen molar-refractivity contribution in [1.29, 1.82) is 0 Å². The third kappa shape index (κ3) is 5.18. The van der Waals surface area contributed by atoms with Gasteiger partial charge < -0.3 is 10.1 Å². The zero-order valence-electron chi connectivity index (χ0n) is 14.9. The molecule has 0 amide bonds. The molecule has 0 unspecified atom stereocenters. The first-order chi connectivity index (χ1) is 12.4. The van der Waals surface area contributed by atoms with Crippen LogP contribution in [-0.4, -0.2) is 31.1 Å². The molecule has 3 rings (SSSR count). The van der Waals surface area contributed by atoms with Crippen molar-refractivity contribution in [1.82, 2.24) is 10.2 Å². The van der Waals surface area contributed by atoms with Gasteiger partial charge in [-0.25, -0.2) is 0 Å². The van der Waals surface area contributed by atoms with Crippen LogP contribution in [-0.2, 0) is 6.61 Å². The second-order valence-corrected chi connectivity index (χ2v) is 6.51. The Morgan fingerprint density at radius 1 is 1.04 bits per heavy atom. The molecule has 1 heterocycles. The first-order valence-electron chi connectivity index (χ1n) is 9.19. The van der Waals surface area contributed by atoms with Crippen LogP contribution in [0.2, 0.25) is 0 Å². The van der Waals surface area contributed by atoms with Gasteiger partial charge in [0.2, 0.25) is 0 Å². The number of ether oxygens (including phenoxy) is 1. The molecule has 0 radical (unpaired) electrons. The van der Waals surface area contributed by atoms with Crippen molar-refractivity contribution in [2.24, 2.45) is 0 Å². The van der Waals surface area contributed by atoms with Crippen molar-refractivity contribution in [3.63, 3.8) is 0 Å². The topological polar surface area (TPSA) is 24.5 Å². The molecule has 2 aromatic rings. The Kier molecular flexibility index (Phi) is 6.66. The van der Waals surface area contributed by atoms with Crippen LogP contribution in [0.15, 0.2) is 67.3 Å². The van der Waals surface area contributed by atoms with Crippen LogP contribution in [0.1, 0.15) is 30.0 Å². The van der Waals surface area contributed by atoms with Crippen LogP contribution in [0.25, 0.3) is 0 Å². The number of allylic oxidation sites excluding steroid dienone is 1. The first kappa shape index (κ1) is 17.7. The summed E-state index contributed by atoms with van der Waals surface area (Å²) in [4.78, 5) is 2.58. The number of hydrogen-bond acceptors (Lipinski definition) is 3. The van der Waals surface area contributed by atoms with E-state index >= 15 is 0 Å². The number of nitrogens with zero attached hydrogens (tertiary/aromatic N) is 1. The van der Waals surface area contributed by atoms with Crippen LogP contribution < -0.4 is 10.1 Å². The third-order valence-electron chi connectivity index (χ3n) is 4.75. The fraction of sp³-hybridized carbons (Fsp3) is 0.364. The minimum Gasteiger partial charge on any atom is -0.489 e. The monoisotopic (exact) mass is 336 g/mol. The van der Waals surface area contributed by atoms with E-state index in [9.17, 15) is 0 Å². The molecule has 1 fully saturated rings. The summed E-state index contributed by atoms with van der Waals surface area (Å²) >= 11 is 0. The Labute approximate surface area is 151 Å². The fourth-order valence-electron chi connectivity index (χ4n) is 3.36. The lowest BCUT2D eigenvalue weighted by Gasteiger charge is -2.35. The highest BCUT2D eigenvalue weighted by atomic mass is 16.5. The van der Waals surface area contributed by atoms with Crippen molar-refractivity contribution in [2.75, 3.05) is 26.2 Å². The second-order valence-electron chi connectivity index (χ2n) is 6.51. The van der Waals surface area contributed by atoms with E-state index in [1.807, 2.05) is 24.3 Å². The van der Waals surface area contributed by atoms with Crippen LogP contribution in [0, 0.1) is 0 Å². The molecule has 1 aliphatic heterocycles. The number of hydrogen-bond donors (Lipinski definition) is 1. The van der Waals surface area contributed by atoms with Gasteiger partial charge in [-0.1, -0.05) is 48.5 Å². The number of piperazine rings is 1. The molecule has 0 aromatic heterocycles. The number of nitrogens with one attached hydrogen (secondary N) is 1. The Hall–Kier alpha value is -2.10. The molecule has 0 aliphatic carbocycles. The zero-order chi connectivity index (χ0) is 17.3. The van der Waals surface area contributed by atoms with Crippen molar-refractivity contribution < 1.29 is 4.74 Å². The highest BCUT2D eigenvalue weighted by Gasteiger charge is 2.21. The van der Waals surface area contributed by atoms with Gasteiger partial charge in [0.1, 0.15) is 12.4 Å². The Morgan fingerprint density at radius 3 is 2.44 bits per heavy atom. The Morgan fingerprint density at radius 2 is 1.76 bits per heavy atom. The summed E-state index contributed by atoms with van der Waals surface area (Å²) in [7, 11) is 0. The highest BCUT2D eigenvalue weighted by molar-refractivity contribution is 5.30. The minimum absolute atomic E-state index is 0.461. The summed E-state index contributed by atoms with van der Waals surface area (Å²) in [6.45, 7) is 8.85. The summed E-state index contributed by atoms with van der Waals surface area (Å²) < 4.78 is 5.91. The summed E-state index contributed by atoms with van der Waals surface area (Å²) in [5.74, 6) is 0.926. The standard InChI is InChI=1S/C22H28N2O/c1-2-3-9-22(24-16-14-23-15-17-24)20-10-12-21(13-11-20)25-18-19-7-5-4-6-8-19/h2,4-8,10-13,22-23H,1,3,9,14-18H2/t22-/m1/s1. The molecule has 0 spiro atoms. The van der Waals surface area contributed by atoms with Crippen molar-refractivity contribution in [2.45, 2.75) is 25.5 Å². The summed E-state index contributed by atoms with van der Waals surface area (Å²) in [6, 6.07) is 19.4. The second kappa shape index (κ2) is 9.40. The van der Waals surface area contributed by atoms with Gasteiger partial charge in [0.15, 0.2) is 0 Å². The molecular weight excluding hydrogens is 308 g/mol. The minimum atomic E-state index is 0.461. The van der Waals surface area contributed by atoms with Gasteiger partial charge in [-0.05, 0) is 36.1 Å². The molecule has 132 valence electrons. The smallest absolute Gasteiger partial charge is 0.119 e. The van der Waals surface area contributed by atoms with Crippen molar-refractivity contribution in [3.8, 4) is 5.75 Å². The number of rotatable bonds is 8. The van der Waals surface area contributed by atoms with Gasteiger partial charge in [-0.3, -0.25) is 4.90 Å². The molecule has 3 nitrogen and oxygen atoms in total. The van der Waals surface area contributed by atoms with E-state index in [-0.39, 0.29) is 0 Å². The molecule has 0 bridgehead atoms. The van der Waals surface area contributed by atoms with E-state index in [0.717, 1.165) is 44.8 Å². The maximum atomic E-state index is 5.91. The summed E-state index contributed by atoms with van der Waals surface area (Å²) in [6.07, 6.45) is 4.18. The maximum Gasteiger partial charge on any atom is 0.119 e. The number of benzene rings is 2. The molecule has 1 N–H and O–H groups in total. The molecule has 1 saturated heterocycles. The lowest BCUT2D eigenvalue weighted by atomic mass is 9.99.